The summed E-state index contributed by atoms with van der Waals surface area (Å²) in [5, 5.41) is 18.9. The maximum absolute atomic E-state index is 11.0. The summed E-state index contributed by atoms with van der Waals surface area (Å²) in [4.78, 5) is 14.5. The number of likely N-dealkylation sites (tertiary alicyclic amines) is 1. The molecule has 1 atom stereocenters. The highest BCUT2D eigenvalue weighted by Crippen LogP contribution is 2.19. The van der Waals surface area contributed by atoms with Crippen LogP contribution in [0.25, 0.3) is 0 Å². The van der Waals surface area contributed by atoms with Crippen LogP contribution in [-0.2, 0) is 6.54 Å². The van der Waals surface area contributed by atoms with Gasteiger partial charge in [-0.2, -0.15) is 0 Å². The third-order valence-electron chi connectivity index (χ3n) is 3.64. The van der Waals surface area contributed by atoms with Gasteiger partial charge >= 0.3 is 6.09 Å². The molecule has 1 aromatic carbocycles. The van der Waals surface area contributed by atoms with Gasteiger partial charge in [0.1, 0.15) is 0 Å². The van der Waals surface area contributed by atoms with E-state index in [0.717, 1.165) is 12.0 Å². The Morgan fingerprint density at radius 1 is 1.40 bits per heavy atom. The minimum atomic E-state index is -0.872. The highest BCUT2D eigenvalue weighted by Gasteiger charge is 2.29. The van der Waals surface area contributed by atoms with E-state index in [0.29, 0.717) is 31.2 Å². The number of carbonyl (C=O) groups is 1. The average Bonchev–Trinajstić information content (AvgIpc) is 2.90. The van der Waals surface area contributed by atoms with Gasteiger partial charge in [-0.25, -0.2) is 4.79 Å². The van der Waals surface area contributed by atoms with Crippen molar-refractivity contribution in [3.8, 4) is 0 Å². The van der Waals surface area contributed by atoms with Crippen LogP contribution in [0.1, 0.15) is 12.0 Å². The van der Waals surface area contributed by atoms with Gasteiger partial charge in [-0.1, -0.05) is 23.7 Å². The molecule has 5 nitrogen and oxygen atoms in total. The third kappa shape index (κ3) is 3.85. The van der Waals surface area contributed by atoms with Crippen LogP contribution in [0, 0.1) is 0 Å². The second kappa shape index (κ2) is 6.92. The maximum Gasteiger partial charge on any atom is 0.407 e. The van der Waals surface area contributed by atoms with Gasteiger partial charge in [0.25, 0.3) is 0 Å². The third-order valence-corrected chi connectivity index (χ3v) is 3.89. The fraction of sp³-hybridized carbons (Fsp3) is 0.500. The Kier molecular flexibility index (Phi) is 5.23. The fourth-order valence-corrected chi connectivity index (χ4v) is 2.68. The van der Waals surface area contributed by atoms with Crippen LogP contribution in [0.15, 0.2) is 24.3 Å². The van der Waals surface area contributed by atoms with E-state index < -0.39 is 6.09 Å². The monoisotopic (exact) mass is 298 g/mol. The molecule has 0 saturated carbocycles. The first-order valence-corrected chi connectivity index (χ1v) is 7.05. The van der Waals surface area contributed by atoms with Gasteiger partial charge in [-0.05, 0) is 24.1 Å². The topological polar surface area (TPSA) is 64.0 Å². The molecule has 1 unspecified atom stereocenters. The summed E-state index contributed by atoms with van der Waals surface area (Å²) in [5.41, 5.74) is 1.11. The molecule has 1 aromatic rings. The predicted molar refractivity (Wildman–Crippen MR) is 77.0 cm³/mol. The summed E-state index contributed by atoms with van der Waals surface area (Å²) < 4.78 is 0. The number of amides is 1. The lowest BCUT2D eigenvalue weighted by atomic mass is 10.1. The molecule has 0 radical (unpaired) electrons. The van der Waals surface area contributed by atoms with Crippen LogP contribution >= 0.6 is 11.6 Å². The van der Waals surface area contributed by atoms with E-state index in [-0.39, 0.29) is 12.6 Å². The van der Waals surface area contributed by atoms with Gasteiger partial charge in [0.2, 0.25) is 0 Å². The van der Waals surface area contributed by atoms with E-state index in [1.165, 1.54) is 4.90 Å². The molecular weight excluding hydrogens is 280 g/mol. The fourth-order valence-electron chi connectivity index (χ4n) is 2.56. The number of hydrogen-bond donors (Lipinski definition) is 2. The Morgan fingerprint density at radius 2 is 2.10 bits per heavy atom. The molecule has 1 fully saturated rings. The molecule has 1 aliphatic rings. The smallest absolute Gasteiger partial charge is 0.407 e. The summed E-state index contributed by atoms with van der Waals surface area (Å²) in [5.74, 6) is 0. The number of rotatable bonds is 5. The number of aliphatic hydroxyl groups is 1. The van der Waals surface area contributed by atoms with Gasteiger partial charge < -0.3 is 15.1 Å². The van der Waals surface area contributed by atoms with Crippen molar-refractivity contribution in [2.75, 3.05) is 26.2 Å². The highest BCUT2D eigenvalue weighted by atomic mass is 35.5. The van der Waals surface area contributed by atoms with Crippen molar-refractivity contribution in [3.63, 3.8) is 0 Å². The van der Waals surface area contributed by atoms with Gasteiger partial charge in [-0.3, -0.25) is 4.90 Å². The minimum absolute atomic E-state index is 0.0666. The number of aliphatic hydroxyl groups excluding tert-OH is 1. The number of halogens is 1. The molecule has 1 heterocycles. The zero-order valence-corrected chi connectivity index (χ0v) is 12.0. The Labute approximate surface area is 123 Å². The van der Waals surface area contributed by atoms with Crippen molar-refractivity contribution in [2.24, 2.45) is 0 Å². The normalized spacial score (nSPS) is 18.8. The molecule has 2 rings (SSSR count). The summed E-state index contributed by atoms with van der Waals surface area (Å²) in [6.07, 6.45) is -0.0668. The van der Waals surface area contributed by atoms with Gasteiger partial charge in [0.05, 0.1) is 6.61 Å². The molecule has 1 aliphatic heterocycles. The first kappa shape index (κ1) is 15.1. The molecule has 6 heteroatoms. The molecule has 0 spiro atoms. The largest absolute Gasteiger partial charge is 0.465 e. The Balaban J connectivity index is 2.00. The Hall–Kier alpha value is -1.30. The number of carboxylic acid groups (broad SMARTS) is 1. The predicted octanol–water partition coefficient (Wildman–Crippen LogP) is 1.89. The average molecular weight is 299 g/mol. The lowest BCUT2D eigenvalue weighted by molar-refractivity contribution is 0.132. The van der Waals surface area contributed by atoms with Gasteiger partial charge in [0.15, 0.2) is 0 Å². The molecular formula is C14H19ClN2O3. The van der Waals surface area contributed by atoms with Gasteiger partial charge in [-0.15, -0.1) is 0 Å². The second-order valence-electron chi connectivity index (χ2n) is 4.99. The first-order chi connectivity index (χ1) is 9.60. The highest BCUT2D eigenvalue weighted by molar-refractivity contribution is 6.30. The zero-order chi connectivity index (χ0) is 14.5. The molecule has 0 bridgehead atoms. The summed E-state index contributed by atoms with van der Waals surface area (Å²) >= 11 is 5.86. The van der Waals surface area contributed by atoms with Crippen LogP contribution in [-0.4, -0.2) is 58.4 Å². The lowest BCUT2D eigenvalue weighted by Crippen LogP contribution is -2.39. The van der Waals surface area contributed by atoms with Crippen LogP contribution in [0.3, 0.4) is 0 Å². The van der Waals surface area contributed by atoms with E-state index in [1.54, 1.807) is 0 Å². The van der Waals surface area contributed by atoms with Crippen LogP contribution in [0.5, 0.6) is 0 Å². The van der Waals surface area contributed by atoms with E-state index >= 15 is 0 Å². The molecule has 110 valence electrons. The molecule has 0 aliphatic carbocycles. The van der Waals surface area contributed by atoms with E-state index in [1.807, 2.05) is 24.3 Å². The number of nitrogens with zero attached hydrogens (tertiary/aromatic N) is 2. The summed E-state index contributed by atoms with van der Waals surface area (Å²) in [6.45, 7) is 2.36. The molecule has 20 heavy (non-hydrogen) atoms. The minimum Gasteiger partial charge on any atom is -0.465 e. The molecule has 1 amide bonds. The van der Waals surface area contributed by atoms with Crippen molar-refractivity contribution in [2.45, 2.75) is 19.0 Å². The quantitative estimate of drug-likeness (QED) is 0.871. The summed E-state index contributed by atoms with van der Waals surface area (Å²) in [7, 11) is 0. The van der Waals surface area contributed by atoms with Crippen molar-refractivity contribution < 1.29 is 15.0 Å². The number of benzene rings is 1. The first-order valence-electron chi connectivity index (χ1n) is 6.67. The maximum atomic E-state index is 11.0. The molecule has 1 saturated heterocycles. The van der Waals surface area contributed by atoms with Crippen molar-refractivity contribution in [1.82, 2.24) is 9.80 Å². The second-order valence-corrected chi connectivity index (χ2v) is 5.43. The Bertz CT molecular complexity index is 452. The lowest BCUT2D eigenvalue weighted by Gasteiger charge is -2.28. The van der Waals surface area contributed by atoms with Crippen molar-refractivity contribution in [3.05, 3.63) is 34.9 Å². The van der Waals surface area contributed by atoms with Crippen LogP contribution in [0.2, 0.25) is 5.02 Å². The summed E-state index contributed by atoms with van der Waals surface area (Å²) in [6, 6.07) is 7.75. The van der Waals surface area contributed by atoms with Crippen LogP contribution in [0.4, 0.5) is 4.79 Å². The molecule has 0 aromatic heterocycles. The van der Waals surface area contributed by atoms with E-state index in [2.05, 4.69) is 4.90 Å². The van der Waals surface area contributed by atoms with Crippen LogP contribution < -0.4 is 0 Å². The SMILES string of the molecule is O=C(O)N1CCC(N(CCO)Cc2ccc(Cl)cc2)C1. The van der Waals surface area contributed by atoms with Crippen molar-refractivity contribution >= 4 is 17.7 Å². The Morgan fingerprint density at radius 3 is 2.65 bits per heavy atom. The molecule has 2 N–H and O–H groups in total. The number of hydrogen-bond acceptors (Lipinski definition) is 3. The van der Waals surface area contributed by atoms with E-state index in [4.69, 9.17) is 16.7 Å². The van der Waals surface area contributed by atoms with Crippen molar-refractivity contribution in [1.29, 1.82) is 0 Å². The zero-order valence-electron chi connectivity index (χ0n) is 11.2. The van der Waals surface area contributed by atoms with Gasteiger partial charge in [0, 0.05) is 37.2 Å². The standard InChI is InChI=1S/C14H19ClN2O3/c15-12-3-1-11(2-4-12)9-16(7-8-18)13-5-6-17(10-13)14(19)20/h1-4,13,18H,5-10H2,(H,19,20). The van der Waals surface area contributed by atoms with E-state index in [9.17, 15) is 9.90 Å².